The summed E-state index contributed by atoms with van der Waals surface area (Å²) in [5.74, 6) is -1.47. The van der Waals surface area contributed by atoms with Gasteiger partial charge in [0.2, 0.25) is 5.95 Å². The number of nitrogens with one attached hydrogen (secondary N) is 2. The molecule has 1 amide bonds. The fourth-order valence-corrected chi connectivity index (χ4v) is 1.53. The molecule has 2 N–H and O–H groups in total. The second-order valence-corrected chi connectivity index (χ2v) is 3.77. The van der Waals surface area contributed by atoms with Crippen LogP contribution in [0.4, 0.5) is 16.0 Å². The van der Waals surface area contributed by atoms with E-state index in [0.717, 1.165) is 12.1 Å². The molecule has 2 aromatic rings. The normalized spacial score (nSPS) is 10.2. The van der Waals surface area contributed by atoms with Crippen molar-refractivity contribution < 1.29 is 14.1 Å². The van der Waals surface area contributed by atoms with Crippen molar-refractivity contribution in [3.63, 3.8) is 0 Å². The zero-order valence-corrected chi connectivity index (χ0v) is 9.81. The number of aryl methyl sites for hydroxylation is 1. The van der Waals surface area contributed by atoms with E-state index in [0.29, 0.717) is 0 Å². The number of halogens is 1. The van der Waals surface area contributed by atoms with Crippen LogP contribution in [0.15, 0.2) is 24.5 Å². The Hall–Kier alpha value is -2.77. The first kappa shape index (κ1) is 12.7. The van der Waals surface area contributed by atoms with E-state index in [2.05, 4.69) is 15.3 Å². The minimum Gasteiger partial charge on any atom is -0.331 e. The van der Waals surface area contributed by atoms with Gasteiger partial charge < -0.3 is 4.98 Å². The number of hydrogen-bond acceptors (Lipinski definition) is 4. The molecule has 0 radical (unpaired) electrons. The van der Waals surface area contributed by atoms with Crippen molar-refractivity contribution in [3.8, 4) is 0 Å². The predicted molar refractivity (Wildman–Crippen MR) is 64.3 cm³/mol. The number of anilines is 1. The minimum absolute atomic E-state index is 0.0267. The highest BCUT2D eigenvalue weighted by Gasteiger charge is 2.20. The summed E-state index contributed by atoms with van der Waals surface area (Å²) in [6, 6.07) is 1.96. The van der Waals surface area contributed by atoms with Gasteiger partial charge >= 0.3 is 0 Å². The number of carbonyl (C=O) groups is 1. The molecule has 1 heterocycles. The minimum atomic E-state index is -0.806. The average Bonchev–Trinajstić information content (AvgIpc) is 2.84. The summed E-state index contributed by atoms with van der Waals surface area (Å²) >= 11 is 0. The Morgan fingerprint density at radius 2 is 2.26 bits per heavy atom. The highest BCUT2D eigenvalue weighted by Crippen LogP contribution is 2.21. The largest absolute Gasteiger partial charge is 0.331 e. The molecule has 0 atom stereocenters. The first-order valence-electron chi connectivity index (χ1n) is 5.24. The maximum Gasteiger partial charge on any atom is 0.270 e. The van der Waals surface area contributed by atoms with Crippen molar-refractivity contribution in [2.45, 2.75) is 6.92 Å². The van der Waals surface area contributed by atoms with E-state index < -0.39 is 22.2 Å². The molecule has 0 aliphatic heterocycles. The van der Waals surface area contributed by atoms with E-state index in [4.69, 9.17) is 0 Å². The Kier molecular flexibility index (Phi) is 3.23. The van der Waals surface area contributed by atoms with Gasteiger partial charge in [0, 0.05) is 24.5 Å². The summed E-state index contributed by atoms with van der Waals surface area (Å²) < 4.78 is 13.8. The number of hydrogen-bond donors (Lipinski definition) is 2. The van der Waals surface area contributed by atoms with Crippen molar-refractivity contribution in [1.29, 1.82) is 0 Å². The number of non-ortho nitro benzene ring substituents is 1. The molecule has 19 heavy (non-hydrogen) atoms. The molecule has 7 nitrogen and oxygen atoms in total. The van der Waals surface area contributed by atoms with E-state index in [1.807, 2.05) is 0 Å². The Labute approximate surface area is 106 Å². The molecule has 0 fully saturated rings. The number of H-pyrrole nitrogens is 1. The van der Waals surface area contributed by atoms with Crippen LogP contribution < -0.4 is 5.32 Å². The highest BCUT2D eigenvalue weighted by atomic mass is 19.1. The quantitative estimate of drug-likeness (QED) is 0.654. The zero-order chi connectivity index (χ0) is 14.0. The van der Waals surface area contributed by atoms with Gasteiger partial charge in [0.15, 0.2) is 0 Å². The summed E-state index contributed by atoms with van der Waals surface area (Å²) in [6.45, 7) is 1.35. The number of aromatic amines is 1. The number of amides is 1. The molecule has 2 rings (SSSR count). The molecular formula is C11H9FN4O3. The van der Waals surface area contributed by atoms with Crippen LogP contribution in [0.3, 0.4) is 0 Å². The van der Waals surface area contributed by atoms with E-state index in [1.54, 1.807) is 0 Å². The van der Waals surface area contributed by atoms with Gasteiger partial charge in [0.1, 0.15) is 5.82 Å². The third kappa shape index (κ3) is 2.57. The van der Waals surface area contributed by atoms with Crippen molar-refractivity contribution in [2.75, 3.05) is 5.32 Å². The fraction of sp³-hybridized carbons (Fsp3) is 0.0909. The monoisotopic (exact) mass is 264 g/mol. The van der Waals surface area contributed by atoms with Crippen molar-refractivity contribution >= 4 is 17.5 Å². The van der Waals surface area contributed by atoms with Crippen LogP contribution in [0.5, 0.6) is 0 Å². The molecule has 0 aliphatic rings. The van der Waals surface area contributed by atoms with Gasteiger partial charge in [0.25, 0.3) is 11.6 Å². The second-order valence-electron chi connectivity index (χ2n) is 3.77. The molecule has 0 unspecified atom stereocenters. The molecule has 1 aromatic carbocycles. The van der Waals surface area contributed by atoms with Crippen LogP contribution >= 0.6 is 0 Å². The number of nitro benzene ring substituents is 1. The summed E-state index contributed by atoms with van der Waals surface area (Å²) in [7, 11) is 0. The summed E-state index contributed by atoms with van der Waals surface area (Å²) in [5.41, 5.74) is -0.717. The van der Waals surface area contributed by atoms with Gasteiger partial charge in [-0.2, -0.15) is 0 Å². The number of aromatic nitrogens is 2. The van der Waals surface area contributed by atoms with Crippen LogP contribution in [-0.2, 0) is 0 Å². The first-order chi connectivity index (χ1) is 8.99. The Morgan fingerprint density at radius 3 is 2.84 bits per heavy atom. The van der Waals surface area contributed by atoms with Gasteiger partial charge in [-0.25, -0.2) is 9.37 Å². The maximum atomic E-state index is 13.8. The zero-order valence-electron chi connectivity index (χ0n) is 9.81. The molecular weight excluding hydrogens is 255 g/mol. The van der Waals surface area contributed by atoms with Gasteiger partial charge in [-0.3, -0.25) is 20.2 Å². The van der Waals surface area contributed by atoms with Crippen LogP contribution in [0.2, 0.25) is 0 Å². The smallest absolute Gasteiger partial charge is 0.270 e. The fourth-order valence-electron chi connectivity index (χ4n) is 1.53. The number of rotatable bonds is 3. The molecule has 98 valence electrons. The Balaban J connectivity index is 2.38. The van der Waals surface area contributed by atoms with E-state index in [-0.39, 0.29) is 17.2 Å². The lowest BCUT2D eigenvalue weighted by Crippen LogP contribution is -2.15. The Bertz CT molecular complexity index is 640. The van der Waals surface area contributed by atoms with Crippen LogP contribution in [0, 0.1) is 22.9 Å². The van der Waals surface area contributed by atoms with Crippen LogP contribution in [-0.4, -0.2) is 20.8 Å². The van der Waals surface area contributed by atoms with Crippen molar-refractivity contribution in [3.05, 3.63) is 51.6 Å². The number of imidazole rings is 1. The summed E-state index contributed by atoms with van der Waals surface area (Å²) in [4.78, 5) is 28.2. The molecule has 0 saturated heterocycles. The molecule has 1 aromatic heterocycles. The number of nitro groups is 1. The number of benzene rings is 1. The van der Waals surface area contributed by atoms with E-state index in [9.17, 15) is 19.3 Å². The van der Waals surface area contributed by atoms with Gasteiger partial charge in [0.05, 0.1) is 10.5 Å². The summed E-state index contributed by atoms with van der Waals surface area (Å²) in [5, 5.41) is 13.0. The van der Waals surface area contributed by atoms with E-state index >= 15 is 0 Å². The standard InChI is InChI=1S/C11H9FN4O3/c1-6-4-7(16(18)19)5-8(9(6)12)10(17)15-11-13-2-3-14-11/h2-5H,1H3,(H2,13,14,15,17). The lowest BCUT2D eigenvalue weighted by atomic mass is 10.1. The average molecular weight is 264 g/mol. The van der Waals surface area contributed by atoms with Crippen LogP contribution in [0.25, 0.3) is 0 Å². The second kappa shape index (κ2) is 4.84. The summed E-state index contributed by atoms with van der Waals surface area (Å²) in [6.07, 6.45) is 2.88. The highest BCUT2D eigenvalue weighted by molar-refractivity contribution is 6.04. The topological polar surface area (TPSA) is 101 Å². The molecule has 0 saturated carbocycles. The van der Waals surface area contributed by atoms with Crippen molar-refractivity contribution in [1.82, 2.24) is 9.97 Å². The van der Waals surface area contributed by atoms with Gasteiger partial charge in [-0.1, -0.05) is 0 Å². The predicted octanol–water partition coefficient (Wildman–Crippen LogP) is 2.02. The molecule has 0 bridgehead atoms. The third-order valence-electron chi connectivity index (χ3n) is 2.42. The van der Waals surface area contributed by atoms with Crippen molar-refractivity contribution in [2.24, 2.45) is 0 Å². The van der Waals surface area contributed by atoms with E-state index in [1.165, 1.54) is 19.3 Å². The Morgan fingerprint density at radius 1 is 1.53 bits per heavy atom. The first-order valence-corrected chi connectivity index (χ1v) is 5.24. The van der Waals surface area contributed by atoms with Crippen LogP contribution in [0.1, 0.15) is 15.9 Å². The third-order valence-corrected chi connectivity index (χ3v) is 2.42. The number of carbonyl (C=O) groups excluding carboxylic acids is 1. The van der Waals surface area contributed by atoms with Gasteiger partial charge in [-0.15, -0.1) is 0 Å². The molecule has 0 spiro atoms. The van der Waals surface area contributed by atoms with Gasteiger partial charge in [-0.05, 0) is 12.5 Å². The molecule has 0 aliphatic carbocycles. The lowest BCUT2D eigenvalue weighted by Gasteiger charge is -2.05. The number of nitrogens with zero attached hydrogens (tertiary/aromatic N) is 2. The lowest BCUT2D eigenvalue weighted by molar-refractivity contribution is -0.385. The SMILES string of the molecule is Cc1cc([N+](=O)[O-])cc(C(=O)Nc2ncc[nH]2)c1F. The molecule has 8 heteroatoms. The maximum absolute atomic E-state index is 13.8.